The van der Waals surface area contributed by atoms with Crippen molar-refractivity contribution in [1.29, 1.82) is 0 Å². The molecular formula is C12H19N3O. The normalized spacial score (nSPS) is 15.1. The van der Waals surface area contributed by atoms with Crippen LogP contribution in [0.2, 0.25) is 0 Å². The molecule has 16 heavy (non-hydrogen) atoms. The smallest absolute Gasteiger partial charge is 0.257 e. The van der Waals surface area contributed by atoms with Gasteiger partial charge in [0, 0.05) is 18.3 Å². The second kappa shape index (κ2) is 4.68. The van der Waals surface area contributed by atoms with Crippen molar-refractivity contribution in [3.63, 3.8) is 0 Å². The summed E-state index contributed by atoms with van der Waals surface area (Å²) in [6.45, 7) is 4.93. The summed E-state index contributed by atoms with van der Waals surface area (Å²) in [6.07, 6.45) is 6.16. The Kier molecular flexibility index (Phi) is 3.27. The van der Waals surface area contributed by atoms with E-state index in [9.17, 15) is 4.79 Å². The van der Waals surface area contributed by atoms with Crippen LogP contribution in [0.3, 0.4) is 0 Å². The molecule has 2 rings (SSSR count). The number of carbonyl (C=O) groups is 1. The van der Waals surface area contributed by atoms with Gasteiger partial charge < -0.3 is 4.90 Å². The lowest BCUT2D eigenvalue weighted by Crippen LogP contribution is -2.34. The van der Waals surface area contributed by atoms with Gasteiger partial charge in [-0.3, -0.25) is 9.89 Å². The van der Waals surface area contributed by atoms with Gasteiger partial charge in [0.2, 0.25) is 0 Å². The van der Waals surface area contributed by atoms with Crippen molar-refractivity contribution >= 4 is 5.91 Å². The molecule has 0 atom stereocenters. The van der Waals surface area contributed by atoms with Crippen LogP contribution in [0.15, 0.2) is 6.20 Å². The fraction of sp³-hybridized carbons (Fsp3) is 0.667. The third kappa shape index (κ3) is 2.26. The molecule has 4 heteroatoms. The Labute approximate surface area is 96.0 Å². The van der Waals surface area contributed by atoms with Gasteiger partial charge in [-0.25, -0.2) is 0 Å². The minimum atomic E-state index is 0.141. The molecule has 1 aliphatic rings. The Morgan fingerprint density at radius 2 is 2.38 bits per heavy atom. The predicted octanol–water partition coefficient (Wildman–Crippen LogP) is 2.12. The number of unbranched alkanes of at least 4 members (excludes halogenated alkanes) is 1. The number of hydrogen-bond donors (Lipinski definition) is 1. The third-order valence-electron chi connectivity index (χ3n) is 3.06. The van der Waals surface area contributed by atoms with Gasteiger partial charge in [0.05, 0.1) is 11.8 Å². The van der Waals surface area contributed by atoms with Crippen LogP contribution < -0.4 is 0 Å². The first kappa shape index (κ1) is 11.2. The fourth-order valence-corrected chi connectivity index (χ4v) is 1.89. The van der Waals surface area contributed by atoms with E-state index in [0.29, 0.717) is 6.04 Å². The molecule has 0 saturated heterocycles. The number of aromatic amines is 1. The predicted molar refractivity (Wildman–Crippen MR) is 62.3 cm³/mol. The molecule has 0 bridgehead atoms. The summed E-state index contributed by atoms with van der Waals surface area (Å²) in [7, 11) is 0. The summed E-state index contributed by atoms with van der Waals surface area (Å²) in [5, 5.41) is 6.74. The second-order valence-electron chi connectivity index (χ2n) is 4.49. The largest absolute Gasteiger partial charge is 0.336 e. The molecule has 0 aliphatic heterocycles. The van der Waals surface area contributed by atoms with Crippen molar-refractivity contribution in [2.75, 3.05) is 6.54 Å². The molecule has 88 valence electrons. The Morgan fingerprint density at radius 1 is 1.62 bits per heavy atom. The SMILES string of the molecule is CCCCN(C(=O)c1cn[nH]c1C)C1CC1. The van der Waals surface area contributed by atoms with Crippen LogP contribution in [0, 0.1) is 6.92 Å². The maximum Gasteiger partial charge on any atom is 0.257 e. The van der Waals surface area contributed by atoms with Gasteiger partial charge in [-0.05, 0) is 26.2 Å². The molecule has 1 fully saturated rings. The molecular weight excluding hydrogens is 202 g/mol. The molecule has 1 aliphatic carbocycles. The minimum Gasteiger partial charge on any atom is -0.336 e. The highest BCUT2D eigenvalue weighted by atomic mass is 16.2. The van der Waals surface area contributed by atoms with E-state index in [1.54, 1.807) is 6.20 Å². The van der Waals surface area contributed by atoms with Gasteiger partial charge >= 0.3 is 0 Å². The first-order valence-corrected chi connectivity index (χ1v) is 6.05. The summed E-state index contributed by atoms with van der Waals surface area (Å²) < 4.78 is 0. The molecule has 4 nitrogen and oxygen atoms in total. The molecule has 1 saturated carbocycles. The van der Waals surface area contributed by atoms with Gasteiger partial charge in [-0.1, -0.05) is 13.3 Å². The Morgan fingerprint density at radius 3 is 2.88 bits per heavy atom. The van der Waals surface area contributed by atoms with Crippen molar-refractivity contribution in [3.05, 3.63) is 17.5 Å². The molecule has 0 unspecified atom stereocenters. The lowest BCUT2D eigenvalue weighted by atomic mass is 10.2. The highest BCUT2D eigenvalue weighted by Gasteiger charge is 2.33. The summed E-state index contributed by atoms with van der Waals surface area (Å²) >= 11 is 0. The van der Waals surface area contributed by atoms with Crippen LogP contribution in [0.25, 0.3) is 0 Å². The van der Waals surface area contributed by atoms with Gasteiger partial charge in [-0.2, -0.15) is 5.10 Å². The number of nitrogens with one attached hydrogen (secondary N) is 1. The zero-order valence-corrected chi connectivity index (χ0v) is 9.99. The van der Waals surface area contributed by atoms with E-state index in [2.05, 4.69) is 17.1 Å². The summed E-state index contributed by atoms with van der Waals surface area (Å²) in [4.78, 5) is 14.3. The minimum absolute atomic E-state index is 0.141. The lowest BCUT2D eigenvalue weighted by Gasteiger charge is -2.21. The molecule has 0 aromatic carbocycles. The Hall–Kier alpha value is -1.32. The van der Waals surface area contributed by atoms with Crippen molar-refractivity contribution in [2.45, 2.75) is 45.6 Å². The number of aromatic nitrogens is 2. The van der Waals surface area contributed by atoms with E-state index in [0.717, 1.165) is 43.5 Å². The number of aryl methyl sites for hydroxylation is 1. The van der Waals surface area contributed by atoms with Crippen molar-refractivity contribution in [1.82, 2.24) is 15.1 Å². The first-order chi connectivity index (χ1) is 7.74. The highest BCUT2D eigenvalue weighted by molar-refractivity contribution is 5.95. The number of H-pyrrole nitrogens is 1. The topological polar surface area (TPSA) is 49.0 Å². The number of amides is 1. The van der Waals surface area contributed by atoms with E-state index in [1.807, 2.05) is 11.8 Å². The van der Waals surface area contributed by atoms with E-state index in [1.165, 1.54) is 0 Å². The monoisotopic (exact) mass is 221 g/mol. The van der Waals surface area contributed by atoms with Crippen LogP contribution >= 0.6 is 0 Å². The molecule has 0 radical (unpaired) electrons. The van der Waals surface area contributed by atoms with Crippen LogP contribution in [0.4, 0.5) is 0 Å². The Bertz CT molecular complexity index is 368. The maximum atomic E-state index is 12.3. The first-order valence-electron chi connectivity index (χ1n) is 6.05. The molecule has 0 spiro atoms. The van der Waals surface area contributed by atoms with Crippen molar-refractivity contribution < 1.29 is 4.79 Å². The van der Waals surface area contributed by atoms with E-state index in [-0.39, 0.29) is 5.91 Å². The fourth-order valence-electron chi connectivity index (χ4n) is 1.89. The van der Waals surface area contributed by atoms with Gasteiger partial charge in [0.15, 0.2) is 0 Å². The molecule has 1 heterocycles. The van der Waals surface area contributed by atoms with Crippen molar-refractivity contribution in [3.8, 4) is 0 Å². The molecule has 1 N–H and O–H groups in total. The second-order valence-corrected chi connectivity index (χ2v) is 4.49. The van der Waals surface area contributed by atoms with Crippen molar-refractivity contribution in [2.24, 2.45) is 0 Å². The van der Waals surface area contributed by atoms with E-state index < -0.39 is 0 Å². The summed E-state index contributed by atoms with van der Waals surface area (Å²) in [5.41, 5.74) is 1.59. The highest BCUT2D eigenvalue weighted by Crippen LogP contribution is 2.28. The van der Waals surface area contributed by atoms with Crippen LogP contribution in [0.5, 0.6) is 0 Å². The quantitative estimate of drug-likeness (QED) is 0.828. The van der Waals surface area contributed by atoms with Crippen LogP contribution in [0.1, 0.15) is 48.7 Å². The number of rotatable bonds is 5. The standard InChI is InChI=1S/C12H19N3O/c1-3-4-7-15(10-5-6-10)12(16)11-8-13-14-9(11)2/h8,10H,3-7H2,1-2H3,(H,13,14). The number of carbonyl (C=O) groups excluding carboxylic acids is 1. The zero-order valence-electron chi connectivity index (χ0n) is 9.99. The average Bonchev–Trinajstić information content (AvgIpc) is 3.01. The lowest BCUT2D eigenvalue weighted by molar-refractivity contribution is 0.0740. The Balaban J connectivity index is 2.08. The average molecular weight is 221 g/mol. The maximum absolute atomic E-state index is 12.3. The molecule has 1 aromatic rings. The number of nitrogens with zero attached hydrogens (tertiary/aromatic N) is 2. The number of hydrogen-bond acceptors (Lipinski definition) is 2. The van der Waals surface area contributed by atoms with Crippen LogP contribution in [-0.2, 0) is 0 Å². The van der Waals surface area contributed by atoms with Crippen LogP contribution in [-0.4, -0.2) is 33.6 Å². The van der Waals surface area contributed by atoms with Gasteiger partial charge in [0.25, 0.3) is 5.91 Å². The van der Waals surface area contributed by atoms with Gasteiger partial charge in [-0.15, -0.1) is 0 Å². The summed E-state index contributed by atoms with van der Waals surface area (Å²) in [6, 6.07) is 0.480. The zero-order chi connectivity index (χ0) is 11.5. The van der Waals surface area contributed by atoms with E-state index in [4.69, 9.17) is 0 Å². The summed E-state index contributed by atoms with van der Waals surface area (Å²) in [5.74, 6) is 0.141. The molecule has 1 amide bonds. The third-order valence-corrected chi connectivity index (χ3v) is 3.06. The molecule has 1 aromatic heterocycles. The van der Waals surface area contributed by atoms with Gasteiger partial charge in [0.1, 0.15) is 0 Å². The van der Waals surface area contributed by atoms with E-state index >= 15 is 0 Å².